The lowest BCUT2D eigenvalue weighted by atomic mass is 9.98. The van der Waals surface area contributed by atoms with E-state index in [9.17, 15) is 4.79 Å². The number of carbonyl (C=O) groups excluding carboxylic acids is 1. The van der Waals surface area contributed by atoms with Crippen LogP contribution in [0.25, 0.3) is 0 Å². The molecule has 2 aromatic rings. The van der Waals surface area contributed by atoms with Crippen molar-refractivity contribution in [2.75, 3.05) is 29.0 Å². The minimum Gasteiger partial charge on any atom is -0.397 e. The number of anilines is 3. The highest BCUT2D eigenvalue weighted by atomic mass is 16.1. The van der Waals surface area contributed by atoms with Gasteiger partial charge in [-0.2, -0.15) is 0 Å². The van der Waals surface area contributed by atoms with Gasteiger partial charge in [0.1, 0.15) is 0 Å². The van der Waals surface area contributed by atoms with Crippen molar-refractivity contribution in [1.82, 2.24) is 0 Å². The van der Waals surface area contributed by atoms with E-state index in [0.29, 0.717) is 22.9 Å². The van der Waals surface area contributed by atoms with E-state index < -0.39 is 0 Å². The van der Waals surface area contributed by atoms with Crippen LogP contribution in [0.15, 0.2) is 36.4 Å². The lowest BCUT2D eigenvalue weighted by molar-refractivity contribution is 0.102. The second kappa shape index (κ2) is 7.18. The van der Waals surface area contributed by atoms with Gasteiger partial charge in [0.25, 0.3) is 5.91 Å². The first-order chi connectivity index (χ1) is 11.9. The third-order valence-electron chi connectivity index (χ3n) is 4.93. The Morgan fingerprint density at radius 3 is 2.60 bits per heavy atom. The van der Waals surface area contributed by atoms with Crippen molar-refractivity contribution in [1.29, 1.82) is 0 Å². The average Bonchev–Trinajstić information content (AvgIpc) is 2.57. The number of rotatable bonds is 3. The molecule has 0 bridgehead atoms. The van der Waals surface area contributed by atoms with E-state index >= 15 is 0 Å². The van der Waals surface area contributed by atoms with Crippen molar-refractivity contribution in [2.24, 2.45) is 5.92 Å². The molecule has 1 saturated heterocycles. The molecule has 4 nitrogen and oxygen atoms in total. The first kappa shape index (κ1) is 17.3. The summed E-state index contributed by atoms with van der Waals surface area (Å²) in [5.74, 6) is 0.560. The van der Waals surface area contributed by atoms with E-state index in [1.54, 1.807) is 0 Å². The third-order valence-corrected chi connectivity index (χ3v) is 4.93. The number of amides is 1. The molecule has 1 fully saturated rings. The molecule has 4 heteroatoms. The Balaban J connectivity index is 1.84. The molecule has 0 aromatic heterocycles. The normalized spacial score (nSPS) is 17.4. The van der Waals surface area contributed by atoms with Gasteiger partial charge in [0.05, 0.1) is 11.4 Å². The highest BCUT2D eigenvalue weighted by Gasteiger charge is 2.19. The van der Waals surface area contributed by atoms with Crippen LogP contribution in [-0.2, 0) is 0 Å². The largest absolute Gasteiger partial charge is 0.397 e. The number of nitrogens with one attached hydrogen (secondary N) is 1. The molecular formula is C21H27N3O. The van der Waals surface area contributed by atoms with Crippen molar-refractivity contribution in [3.8, 4) is 0 Å². The van der Waals surface area contributed by atoms with Crippen molar-refractivity contribution in [3.63, 3.8) is 0 Å². The lowest BCUT2D eigenvalue weighted by Crippen LogP contribution is -2.34. The van der Waals surface area contributed by atoms with E-state index in [1.807, 2.05) is 43.3 Å². The topological polar surface area (TPSA) is 58.4 Å². The summed E-state index contributed by atoms with van der Waals surface area (Å²) in [6, 6.07) is 11.5. The van der Waals surface area contributed by atoms with Crippen LogP contribution in [0.1, 0.15) is 41.3 Å². The number of nitrogens with zero attached hydrogens (tertiary/aromatic N) is 1. The van der Waals surface area contributed by atoms with Crippen LogP contribution >= 0.6 is 0 Å². The number of piperidine rings is 1. The van der Waals surface area contributed by atoms with Crippen LogP contribution in [-0.4, -0.2) is 19.0 Å². The molecule has 0 spiro atoms. The summed E-state index contributed by atoms with van der Waals surface area (Å²) < 4.78 is 0. The fourth-order valence-corrected chi connectivity index (χ4v) is 3.48. The van der Waals surface area contributed by atoms with Crippen molar-refractivity contribution >= 4 is 23.0 Å². The standard InChI is InChI=1S/C21H27N3O/c1-14-6-8-17(9-7-14)21(25)23-19-12-20(16(3)11-18(19)22)24-10-4-5-15(2)13-24/h6-9,11-12,15H,4-5,10,13,22H2,1-3H3,(H,23,25). The van der Waals surface area contributed by atoms with E-state index in [1.165, 1.54) is 18.5 Å². The van der Waals surface area contributed by atoms with Crippen molar-refractivity contribution in [3.05, 3.63) is 53.1 Å². The van der Waals surface area contributed by atoms with Gasteiger partial charge in [-0.05, 0) is 62.4 Å². The summed E-state index contributed by atoms with van der Waals surface area (Å²) in [7, 11) is 0. The molecule has 0 saturated carbocycles. The number of carbonyl (C=O) groups is 1. The molecular weight excluding hydrogens is 310 g/mol. The Kier molecular flexibility index (Phi) is 4.98. The number of aryl methyl sites for hydroxylation is 2. The Labute approximate surface area is 150 Å². The highest BCUT2D eigenvalue weighted by Crippen LogP contribution is 2.32. The average molecular weight is 337 g/mol. The number of nitrogens with two attached hydrogens (primary N) is 1. The summed E-state index contributed by atoms with van der Waals surface area (Å²) in [6.45, 7) is 8.48. The molecule has 1 heterocycles. The number of nitrogen functional groups attached to an aromatic ring is 1. The molecule has 0 aliphatic carbocycles. The maximum atomic E-state index is 12.5. The SMILES string of the molecule is Cc1ccc(C(=O)Nc2cc(N3CCCC(C)C3)c(C)cc2N)cc1. The van der Waals surface area contributed by atoms with E-state index in [4.69, 9.17) is 5.73 Å². The molecule has 25 heavy (non-hydrogen) atoms. The van der Waals surface area contributed by atoms with Gasteiger partial charge >= 0.3 is 0 Å². The predicted molar refractivity (Wildman–Crippen MR) is 105 cm³/mol. The summed E-state index contributed by atoms with van der Waals surface area (Å²) in [4.78, 5) is 14.9. The summed E-state index contributed by atoms with van der Waals surface area (Å²) in [5, 5.41) is 2.97. The van der Waals surface area contributed by atoms with E-state index in [2.05, 4.69) is 24.1 Å². The first-order valence-electron chi connectivity index (χ1n) is 8.97. The van der Waals surface area contributed by atoms with Crippen LogP contribution < -0.4 is 16.0 Å². The zero-order valence-electron chi connectivity index (χ0n) is 15.3. The molecule has 2 aromatic carbocycles. The van der Waals surface area contributed by atoms with Crippen molar-refractivity contribution < 1.29 is 4.79 Å². The molecule has 1 aliphatic rings. The number of benzene rings is 2. The summed E-state index contributed by atoms with van der Waals surface area (Å²) >= 11 is 0. The Morgan fingerprint density at radius 2 is 1.92 bits per heavy atom. The van der Waals surface area contributed by atoms with Gasteiger partial charge in [-0.15, -0.1) is 0 Å². The van der Waals surface area contributed by atoms with Crippen LogP contribution in [0.2, 0.25) is 0 Å². The van der Waals surface area contributed by atoms with Gasteiger partial charge in [-0.1, -0.05) is 24.6 Å². The van der Waals surface area contributed by atoms with Crippen LogP contribution in [0.5, 0.6) is 0 Å². The molecule has 1 amide bonds. The molecule has 3 rings (SSSR count). The van der Waals surface area contributed by atoms with E-state index in [-0.39, 0.29) is 5.91 Å². The quantitative estimate of drug-likeness (QED) is 0.818. The molecule has 1 aliphatic heterocycles. The third kappa shape index (κ3) is 3.95. The smallest absolute Gasteiger partial charge is 0.255 e. The zero-order valence-corrected chi connectivity index (χ0v) is 15.3. The zero-order chi connectivity index (χ0) is 18.0. The van der Waals surface area contributed by atoms with Gasteiger partial charge in [0.15, 0.2) is 0 Å². The maximum Gasteiger partial charge on any atom is 0.255 e. The predicted octanol–water partition coefficient (Wildman–Crippen LogP) is 4.37. The second-order valence-corrected chi connectivity index (χ2v) is 7.24. The van der Waals surface area contributed by atoms with Crippen LogP contribution in [0.3, 0.4) is 0 Å². The second-order valence-electron chi connectivity index (χ2n) is 7.24. The minimum absolute atomic E-state index is 0.131. The Morgan fingerprint density at radius 1 is 1.20 bits per heavy atom. The Hall–Kier alpha value is -2.49. The first-order valence-corrected chi connectivity index (χ1v) is 8.97. The van der Waals surface area contributed by atoms with Gasteiger partial charge in [0.2, 0.25) is 0 Å². The van der Waals surface area contributed by atoms with Gasteiger partial charge in [-0.3, -0.25) is 4.79 Å². The van der Waals surface area contributed by atoms with Gasteiger partial charge < -0.3 is 16.0 Å². The van der Waals surface area contributed by atoms with Gasteiger partial charge in [0, 0.05) is 24.3 Å². The molecule has 132 valence electrons. The lowest BCUT2D eigenvalue weighted by Gasteiger charge is -2.34. The Bertz CT molecular complexity index is 767. The monoisotopic (exact) mass is 337 g/mol. The fourth-order valence-electron chi connectivity index (χ4n) is 3.48. The van der Waals surface area contributed by atoms with Crippen LogP contribution in [0.4, 0.5) is 17.1 Å². The molecule has 1 unspecified atom stereocenters. The summed E-state index contributed by atoms with van der Waals surface area (Å²) in [5.41, 5.74) is 11.5. The highest BCUT2D eigenvalue weighted by molar-refractivity contribution is 6.06. The van der Waals surface area contributed by atoms with E-state index in [0.717, 1.165) is 24.2 Å². The number of hydrogen-bond acceptors (Lipinski definition) is 3. The minimum atomic E-state index is -0.131. The molecule has 0 radical (unpaired) electrons. The molecule has 3 N–H and O–H groups in total. The summed E-state index contributed by atoms with van der Waals surface area (Å²) in [6.07, 6.45) is 2.48. The molecule has 1 atom stereocenters. The number of hydrogen-bond donors (Lipinski definition) is 2. The van der Waals surface area contributed by atoms with Gasteiger partial charge in [-0.25, -0.2) is 0 Å². The maximum absolute atomic E-state index is 12.5. The van der Waals surface area contributed by atoms with Crippen molar-refractivity contribution in [2.45, 2.75) is 33.6 Å². The van der Waals surface area contributed by atoms with Crippen LogP contribution in [0, 0.1) is 19.8 Å². The fraction of sp³-hybridized carbons (Fsp3) is 0.381.